The van der Waals surface area contributed by atoms with Crippen molar-refractivity contribution < 1.29 is 9.90 Å². The molecule has 0 saturated heterocycles. The Hall–Kier alpha value is -2.55. The first kappa shape index (κ1) is 11.5. The normalized spacial score (nSPS) is 10.7. The lowest BCUT2D eigenvalue weighted by Crippen LogP contribution is -2.19. The van der Waals surface area contributed by atoms with Crippen molar-refractivity contribution in [3.63, 3.8) is 0 Å². The second-order valence-electron chi connectivity index (χ2n) is 4.50. The number of nitrogens with one attached hydrogen (secondary N) is 1. The molecule has 0 radical (unpaired) electrons. The molecule has 0 aromatic heterocycles. The molecule has 0 saturated carbocycles. The number of carbonyl (C=O) groups is 1. The predicted molar refractivity (Wildman–Crippen MR) is 76.3 cm³/mol. The first-order chi connectivity index (χ1) is 9.24. The molecule has 0 heterocycles. The number of amides is 1. The van der Waals surface area contributed by atoms with E-state index < -0.39 is 6.09 Å². The van der Waals surface area contributed by atoms with Gasteiger partial charge in [-0.2, -0.15) is 0 Å². The number of fused-ring (bicyclic) bond motifs is 2. The molecular weight excluding hydrogens is 238 g/mol. The molecule has 3 heteroatoms. The van der Waals surface area contributed by atoms with Crippen molar-refractivity contribution in [3.8, 4) is 0 Å². The van der Waals surface area contributed by atoms with Crippen LogP contribution in [-0.2, 0) is 6.54 Å². The minimum absolute atomic E-state index is 0.324. The van der Waals surface area contributed by atoms with Crippen LogP contribution < -0.4 is 5.32 Å². The molecule has 3 aromatic carbocycles. The molecule has 0 aliphatic rings. The molecule has 0 atom stereocenters. The monoisotopic (exact) mass is 251 g/mol. The van der Waals surface area contributed by atoms with Crippen LogP contribution in [0.4, 0.5) is 4.79 Å². The van der Waals surface area contributed by atoms with Gasteiger partial charge in [0.05, 0.1) is 0 Å². The Kier molecular flexibility index (Phi) is 2.80. The zero-order valence-corrected chi connectivity index (χ0v) is 10.3. The Morgan fingerprint density at radius 1 is 0.947 bits per heavy atom. The van der Waals surface area contributed by atoms with E-state index in [2.05, 4.69) is 29.6 Å². The van der Waals surface area contributed by atoms with Crippen molar-refractivity contribution in [3.05, 3.63) is 60.2 Å². The summed E-state index contributed by atoms with van der Waals surface area (Å²) >= 11 is 0. The fourth-order valence-corrected chi connectivity index (χ4v) is 2.36. The third-order valence-corrected chi connectivity index (χ3v) is 3.27. The fourth-order valence-electron chi connectivity index (χ4n) is 2.36. The first-order valence-electron chi connectivity index (χ1n) is 6.11. The van der Waals surface area contributed by atoms with Crippen LogP contribution in [0.5, 0.6) is 0 Å². The van der Waals surface area contributed by atoms with Gasteiger partial charge in [0.15, 0.2) is 0 Å². The summed E-state index contributed by atoms with van der Waals surface area (Å²) in [6.45, 7) is 0.324. The van der Waals surface area contributed by atoms with Crippen LogP contribution in [-0.4, -0.2) is 11.2 Å². The second kappa shape index (κ2) is 4.61. The minimum Gasteiger partial charge on any atom is -0.465 e. The third-order valence-electron chi connectivity index (χ3n) is 3.27. The molecule has 19 heavy (non-hydrogen) atoms. The summed E-state index contributed by atoms with van der Waals surface area (Å²) in [5, 5.41) is 15.7. The van der Waals surface area contributed by atoms with E-state index in [0.717, 1.165) is 21.7 Å². The fraction of sp³-hybridized carbons (Fsp3) is 0.0625. The third kappa shape index (κ3) is 2.22. The minimum atomic E-state index is -1.00. The average molecular weight is 251 g/mol. The Morgan fingerprint density at radius 2 is 1.63 bits per heavy atom. The van der Waals surface area contributed by atoms with Gasteiger partial charge in [0.1, 0.15) is 0 Å². The van der Waals surface area contributed by atoms with Gasteiger partial charge in [0.25, 0.3) is 0 Å². The van der Waals surface area contributed by atoms with Crippen LogP contribution >= 0.6 is 0 Å². The summed E-state index contributed by atoms with van der Waals surface area (Å²) in [7, 11) is 0. The molecule has 3 nitrogen and oxygen atoms in total. The number of hydrogen-bond acceptors (Lipinski definition) is 1. The molecule has 0 fully saturated rings. The molecule has 2 N–H and O–H groups in total. The van der Waals surface area contributed by atoms with Crippen LogP contribution in [0.15, 0.2) is 54.6 Å². The van der Waals surface area contributed by atoms with Crippen LogP contribution in [0.1, 0.15) is 5.56 Å². The van der Waals surface area contributed by atoms with Crippen LogP contribution in [0.3, 0.4) is 0 Å². The van der Waals surface area contributed by atoms with Gasteiger partial charge in [0.2, 0.25) is 0 Å². The number of carboxylic acid groups (broad SMARTS) is 1. The summed E-state index contributed by atoms with van der Waals surface area (Å²) in [4.78, 5) is 10.6. The molecule has 3 aromatic rings. The van der Waals surface area contributed by atoms with Gasteiger partial charge in [-0.15, -0.1) is 0 Å². The number of hydrogen-bond donors (Lipinski definition) is 2. The van der Waals surface area contributed by atoms with E-state index in [1.54, 1.807) is 0 Å². The van der Waals surface area contributed by atoms with Crippen molar-refractivity contribution >= 4 is 27.6 Å². The number of benzene rings is 3. The van der Waals surface area contributed by atoms with Gasteiger partial charge < -0.3 is 10.4 Å². The standard InChI is InChI=1S/C16H13NO2/c18-16(19)17-10-14-7-3-6-13-8-11-4-1-2-5-12(11)9-15(13)14/h1-9,17H,10H2,(H,18,19). The van der Waals surface area contributed by atoms with E-state index in [4.69, 9.17) is 5.11 Å². The SMILES string of the molecule is O=C(O)NCc1cccc2cc3ccccc3cc12. The Bertz CT molecular complexity index is 765. The molecule has 3 rings (SSSR count). The summed E-state index contributed by atoms with van der Waals surface area (Å²) < 4.78 is 0. The lowest BCUT2D eigenvalue weighted by molar-refractivity contribution is 0.194. The maximum atomic E-state index is 10.6. The molecule has 0 aliphatic carbocycles. The Labute approximate surface area is 110 Å². The van der Waals surface area contributed by atoms with Gasteiger partial charge in [-0.3, -0.25) is 0 Å². The zero-order chi connectivity index (χ0) is 13.2. The van der Waals surface area contributed by atoms with Gasteiger partial charge in [0, 0.05) is 6.54 Å². The largest absolute Gasteiger partial charge is 0.465 e. The number of rotatable bonds is 2. The highest BCUT2D eigenvalue weighted by atomic mass is 16.4. The maximum absolute atomic E-state index is 10.6. The Balaban J connectivity index is 2.17. The molecule has 0 unspecified atom stereocenters. The van der Waals surface area contributed by atoms with Crippen molar-refractivity contribution in [2.24, 2.45) is 0 Å². The van der Waals surface area contributed by atoms with Gasteiger partial charge in [-0.25, -0.2) is 4.79 Å². The van der Waals surface area contributed by atoms with E-state index >= 15 is 0 Å². The second-order valence-corrected chi connectivity index (χ2v) is 4.50. The van der Waals surface area contributed by atoms with Crippen molar-refractivity contribution in [1.82, 2.24) is 5.32 Å². The van der Waals surface area contributed by atoms with E-state index in [-0.39, 0.29) is 0 Å². The smallest absolute Gasteiger partial charge is 0.404 e. The van der Waals surface area contributed by atoms with Crippen molar-refractivity contribution in [1.29, 1.82) is 0 Å². The van der Waals surface area contributed by atoms with Gasteiger partial charge in [-0.05, 0) is 39.2 Å². The zero-order valence-electron chi connectivity index (χ0n) is 10.3. The quantitative estimate of drug-likeness (QED) is 0.681. The summed E-state index contributed by atoms with van der Waals surface area (Å²) in [5.74, 6) is 0. The van der Waals surface area contributed by atoms with Crippen molar-refractivity contribution in [2.75, 3.05) is 0 Å². The topological polar surface area (TPSA) is 49.3 Å². The maximum Gasteiger partial charge on any atom is 0.404 e. The highest BCUT2D eigenvalue weighted by Gasteiger charge is 2.04. The van der Waals surface area contributed by atoms with Crippen LogP contribution in [0, 0.1) is 0 Å². The molecule has 0 aliphatic heterocycles. The summed E-state index contributed by atoms with van der Waals surface area (Å²) in [6.07, 6.45) is -1.00. The Morgan fingerprint density at radius 3 is 2.37 bits per heavy atom. The first-order valence-corrected chi connectivity index (χ1v) is 6.11. The predicted octanol–water partition coefficient (Wildman–Crippen LogP) is 3.76. The van der Waals surface area contributed by atoms with E-state index in [1.807, 2.05) is 30.3 Å². The molecule has 0 spiro atoms. The van der Waals surface area contributed by atoms with E-state index in [1.165, 1.54) is 5.39 Å². The van der Waals surface area contributed by atoms with Gasteiger partial charge >= 0.3 is 6.09 Å². The highest BCUT2D eigenvalue weighted by molar-refractivity contribution is 5.99. The average Bonchev–Trinajstić information content (AvgIpc) is 2.42. The molecule has 0 bridgehead atoms. The highest BCUT2D eigenvalue weighted by Crippen LogP contribution is 2.25. The van der Waals surface area contributed by atoms with Crippen LogP contribution in [0.25, 0.3) is 21.5 Å². The van der Waals surface area contributed by atoms with Crippen molar-refractivity contribution in [2.45, 2.75) is 6.54 Å². The van der Waals surface area contributed by atoms with E-state index in [0.29, 0.717) is 6.54 Å². The lowest BCUT2D eigenvalue weighted by Gasteiger charge is -2.08. The molecular formula is C16H13NO2. The lowest BCUT2D eigenvalue weighted by atomic mass is 10.00. The van der Waals surface area contributed by atoms with Crippen LogP contribution in [0.2, 0.25) is 0 Å². The van der Waals surface area contributed by atoms with E-state index in [9.17, 15) is 4.79 Å². The summed E-state index contributed by atoms with van der Waals surface area (Å²) in [6, 6.07) is 18.4. The molecule has 94 valence electrons. The molecule has 1 amide bonds. The van der Waals surface area contributed by atoms with Gasteiger partial charge in [-0.1, -0.05) is 42.5 Å². The summed E-state index contributed by atoms with van der Waals surface area (Å²) in [5.41, 5.74) is 0.991.